The number of pyridine rings is 1. The largest absolute Gasteiger partial charge is 0.479 e. The molecule has 0 saturated heterocycles. The molecule has 1 atom stereocenters. The maximum Gasteiger partial charge on any atom is 0.337 e. The molecule has 3 N–H and O–H groups in total. The normalized spacial score (nSPS) is 14.3. The van der Waals surface area contributed by atoms with E-state index in [0.717, 1.165) is 4.47 Å². The fraction of sp³-hybridized carbons (Fsp3) is 0.333. The number of carbonyl (C=O) groups is 1. The Morgan fingerprint density at radius 2 is 2.33 bits per heavy atom. The van der Waals surface area contributed by atoms with Crippen molar-refractivity contribution in [1.29, 1.82) is 0 Å². The zero-order valence-corrected chi connectivity index (χ0v) is 9.65. The van der Waals surface area contributed by atoms with Crippen molar-refractivity contribution in [1.82, 2.24) is 4.98 Å². The van der Waals surface area contributed by atoms with Crippen LogP contribution in [0.3, 0.4) is 0 Å². The minimum absolute atomic E-state index is 0.100. The Bertz CT molecular complexity index is 351. The highest BCUT2D eigenvalue weighted by Gasteiger charge is 2.29. The first kappa shape index (κ1) is 11.9. The van der Waals surface area contributed by atoms with Gasteiger partial charge in [-0.25, -0.2) is 9.78 Å². The standard InChI is InChI=1S/C9H11BrN2O3/c1-9(15,8(13)14)5-12-7-3-2-6(10)4-11-7/h2-4,15H,5H2,1H3,(H,11,12)(H,13,14). The number of nitrogens with zero attached hydrogens (tertiary/aromatic N) is 1. The van der Waals surface area contributed by atoms with Gasteiger partial charge >= 0.3 is 5.97 Å². The second-order valence-electron chi connectivity index (χ2n) is 3.29. The zero-order valence-electron chi connectivity index (χ0n) is 8.07. The van der Waals surface area contributed by atoms with E-state index in [2.05, 4.69) is 26.2 Å². The molecule has 1 aromatic heterocycles. The number of halogens is 1. The van der Waals surface area contributed by atoms with Crippen LogP contribution in [-0.2, 0) is 4.79 Å². The predicted octanol–water partition coefficient (Wildman–Crippen LogP) is 1.09. The Morgan fingerprint density at radius 3 is 2.80 bits per heavy atom. The number of hydrogen-bond acceptors (Lipinski definition) is 4. The average molecular weight is 275 g/mol. The Morgan fingerprint density at radius 1 is 1.67 bits per heavy atom. The van der Waals surface area contributed by atoms with Gasteiger partial charge in [0, 0.05) is 10.7 Å². The predicted molar refractivity (Wildman–Crippen MR) is 58.7 cm³/mol. The van der Waals surface area contributed by atoms with Crippen LogP contribution in [0.2, 0.25) is 0 Å². The van der Waals surface area contributed by atoms with E-state index in [9.17, 15) is 9.90 Å². The number of carboxylic acid groups (broad SMARTS) is 1. The number of carboxylic acids is 1. The molecule has 0 amide bonds. The molecule has 6 heteroatoms. The highest BCUT2D eigenvalue weighted by atomic mass is 79.9. The summed E-state index contributed by atoms with van der Waals surface area (Å²) >= 11 is 3.23. The topological polar surface area (TPSA) is 82.5 Å². The number of hydrogen-bond donors (Lipinski definition) is 3. The molecule has 5 nitrogen and oxygen atoms in total. The van der Waals surface area contributed by atoms with Crippen molar-refractivity contribution in [3.8, 4) is 0 Å². The molecule has 0 aliphatic heterocycles. The van der Waals surface area contributed by atoms with Crippen molar-refractivity contribution < 1.29 is 15.0 Å². The monoisotopic (exact) mass is 274 g/mol. The zero-order chi connectivity index (χ0) is 11.5. The lowest BCUT2D eigenvalue weighted by Crippen LogP contribution is -2.41. The van der Waals surface area contributed by atoms with E-state index in [-0.39, 0.29) is 6.54 Å². The Kier molecular flexibility index (Phi) is 3.65. The summed E-state index contributed by atoms with van der Waals surface area (Å²) in [6, 6.07) is 3.45. The van der Waals surface area contributed by atoms with Gasteiger partial charge in [0.25, 0.3) is 0 Å². The van der Waals surface area contributed by atoms with Gasteiger partial charge in [0.2, 0.25) is 0 Å². The quantitative estimate of drug-likeness (QED) is 0.766. The third-order valence-electron chi connectivity index (χ3n) is 1.80. The van der Waals surface area contributed by atoms with E-state index in [1.807, 2.05) is 0 Å². The lowest BCUT2D eigenvalue weighted by molar-refractivity contribution is -0.155. The fourth-order valence-corrected chi connectivity index (χ4v) is 1.05. The molecule has 15 heavy (non-hydrogen) atoms. The summed E-state index contributed by atoms with van der Waals surface area (Å²) in [4.78, 5) is 14.6. The van der Waals surface area contributed by atoms with Crippen LogP contribution in [0.15, 0.2) is 22.8 Å². The molecular weight excluding hydrogens is 264 g/mol. The molecule has 82 valence electrons. The van der Waals surface area contributed by atoms with Crippen molar-refractivity contribution in [2.24, 2.45) is 0 Å². The van der Waals surface area contributed by atoms with Crippen LogP contribution in [0.25, 0.3) is 0 Å². The molecule has 1 aromatic rings. The van der Waals surface area contributed by atoms with Gasteiger partial charge in [-0.15, -0.1) is 0 Å². The first-order valence-corrected chi connectivity index (χ1v) is 5.02. The highest BCUT2D eigenvalue weighted by Crippen LogP contribution is 2.11. The molecule has 0 aliphatic rings. The Hall–Kier alpha value is -1.14. The number of aliphatic carboxylic acids is 1. The van der Waals surface area contributed by atoms with Crippen molar-refractivity contribution >= 4 is 27.7 Å². The minimum atomic E-state index is -1.80. The SMILES string of the molecule is CC(O)(CNc1ccc(Br)cn1)C(=O)O. The van der Waals surface area contributed by atoms with Gasteiger partial charge in [-0.3, -0.25) is 0 Å². The maximum atomic E-state index is 10.6. The van der Waals surface area contributed by atoms with Gasteiger partial charge in [-0.1, -0.05) is 0 Å². The third kappa shape index (κ3) is 3.49. The molecule has 0 bridgehead atoms. The van der Waals surface area contributed by atoms with E-state index in [4.69, 9.17) is 5.11 Å². The molecule has 0 radical (unpaired) electrons. The summed E-state index contributed by atoms with van der Waals surface area (Å²) in [5, 5.41) is 20.8. The van der Waals surface area contributed by atoms with Gasteiger partial charge in [0.05, 0.1) is 6.54 Å². The van der Waals surface area contributed by atoms with Crippen LogP contribution in [-0.4, -0.2) is 33.3 Å². The second kappa shape index (κ2) is 4.59. The van der Waals surface area contributed by atoms with Crippen molar-refractivity contribution in [2.45, 2.75) is 12.5 Å². The Labute approximate surface area is 95.3 Å². The number of aromatic nitrogens is 1. The van der Waals surface area contributed by atoms with Crippen LogP contribution in [0.4, 0.5) is 5.82 Å². The molecule has 0 saturated carbocycles. The van der Waals surface area contributed by atoms with Gasteiger partial charge < -0.3 is 15.5 Å². The van der Waals surface area contributed by atoms with Crippen LogP contribution in [0.1, 0.15) is 6.92 Å². The number of rotatable bonds is 4. The molecule has 0 aliphatic carbocycles. The van der Waals surface area contributed by atoms with Gasteiger partial charge in [-0.05, 0) is 35.0 Å². The molecule has 1 rings (SSSR count). The van der Waals surface area contributed by atoms with Crippen LogP contribution >= 0.6 is 15.9 Å². The Balaban J connectivity index is 2.57. The van der Waals surface area contributed by atoms with Gasteiger partial charge in [0.1, 0.15) is 5.82 Å². The van der Waals surface area contributed by atoms with E-state index >= 15 is 0 Å². The summed E-state index contributed by atoms with van der Waals surface area (Å²) in [5.74, 6) is -0.758. The molecule has 0 fully saturated rings. The van der Waals surface area contributed by atoms with E-state index in [1.54, 1.807) is 18.3 Å². The van der Waals surface area contributed by atoms with Crippen molar-refractivity contribution in [3.05, 3.63) is 22.8 Å². The van der Waals surface area contributed by atoms with Crippen LogP contribution in [0, 0.1) is 0 Å². The summed E-state index contributed by atoms with van der Waals surface area (Å²) in [7, 11) is 0. The van der Waals surface area contributed by atoms with Crippen molar-refractivity contribution in [3.63, 3.8) is 0 Å². The van der Waals surface area contributed by atoms with E-state index < -0.39 is 11.6 Å². The minimum Gasteiger partial charge on any atom is -0.479 e. The van der Waals surface area contributed by atoms with Gasteiger partial charge in [-0.2, -0.15) is 0 Å². The smallest absolute Gasteiger partial charge is 0.337 e. The molecule has 1 heterocycles. The van der Waals surface area contributed by atoms with E-state index in [0.29, 0.717) is 5.82 Å². The molecule has 0 aromatic carbocycles. The molecular formula is C9H11BrN2O3. The second-order valence-corrected chi connectivity index (χ2v) is 4.21. The number of nitrogens with one attached hydrogen (secondary N) is 1. The highest BCUT2D eigenvalue weighted by molar-refractivity contribution is 9.10. The number of anilines is 1. The van der Waals surface area contributed by atoms with Crippen LogP contribution < -0.4 is 5.32 Å². The summed E-state index contributed by atoms with van der Waals surface area (Å²) < 4.78 is 0.832. The lowest BCUT2D eigenvalue weighted by atomic mass is 10.1. The van der Waals surface area contributed by atoms with E-state index in [1.165, 1.54) is 6.92 Å². The van der Waals surface area contributed by atoms with Crippen molar-refractivity contribution in [2.75, 3.05) is 11.9 Å². The third-order valence-corrected chi connectivity index (χ3v) is 2.27. The lowest BCUT2D eigenvalue weighted by Gasteiger charge is -2.18. The fourth-order valence-electron chi connectivity index (χ4n) is 0.819. The van der Waals surface area contributed by atoms with Gasteiger partial charge in [0.15, 0.2) is 5.60 Å². The maximum absolute atomic E-state index is 10.6. The molecule has 0 spiro atoms. The summed E-state index contributed by atoms with van der Waals surface area (Å²) in [6.45, 7) is 1.12. The number of aliphatic hydroxyl groups is 1. The average Bonchev–Trinajstić information content (AvgIpc) is 2.17. The summed E-state index contributed by atoms with van der Waals surface area (Å²) in [6.07, 6.45) is 1.58. The molecule has 1 unspecified atom stereocenters. The first-order chi connectivity index (χ1) is 6.92. The first-order valence-electron chi connectivity index (χ1n) is 4.23. The van der Waals surface area contributed by atoms with Crippen LogP contribution in [0.5, 0.6) is 0 Å². The summed E-state index contributed by atoms with van der Waals surface area (Å²) in [5.41, 5.74) is -1.80.